The molecule has 5 rings (SSSR count). The molecule has 0 amide bonds. The maximum atomic E-state index is 6.54. The first kappa shape index (κ1) is 22.2. The molecule has 0 aliphatic carbocycles. The molecule has 0 radical (unpaired) electrons. The van der Waals surface area contributed by atoms with E-state index in [1.54, 1.807) is 6.20 Å². The summed E-state index contributed by atoms with van der Waals surface area (Å²) in [5.74, 6) is 1.33. The second kappa shape index (κ2) is 8.95. The largest absolute Gasteiger partial charge is 0.468 e. The number of hydrogen-bond acceptors (Lipinski definition) is 9. The van der Waals surface area contributed by atoms with Gasteiger partial charge in [0, 0.05) is 35.6 Å². The normalized spacial score (nSPS) is 25.2. The summed E-state index contributed by atoms with van der Waals surface area (Å²) in [6.45, 7) is 7.76. The summed E-state index contributed by atoms with van der Waals surface area (Å²) in [6.07, 6.45) is 5.71. The molecule has 3 aliphatic rings. The molecule has 3 saturated heterocycles. The zero-order chi connectivity index (χ0) is 22.3. The lowest BCUT2D eigenvalue weighted by atomic mass is 9.73. The maximum absolute atomic E-state index is 6.54. The van der Waals surface area contributed by atoms with Gasteiger partial charge in [-0.25, -0.2) is 15.0 Å². The molecule has 0 unspecified atom stereocenters. The number of nitrogens with two attached hydrogens (primary N) is 1. The van der Waals surface area contributed by atoms with Crippen LogP contribution in [0.2, 0.25) is 5.02 Å². The van der Waals surface area contributed by atoms with Crippen molar-refractivity contribution in [1.82, 2.24) is 15.0 Å². The molecule has 3 fully saturated rings. The van der Waals surface area contributed by atoms with Gasteiger partial charge < -0.3 is 24.8 Å². The summed E-state index contributed by atoms with van der Waals surface area (Å²) >= 11 is 8.01. The molecule has 2 atom stereocenters. The topological polar surface area (TPSA) is 95.6 Å². The Hall–Kier alpha value is -1.65. The minimum Gasteiger partial charge on any atom is -0.468 e. The molecule has 2 aromatic rings. The standard InChI is InChI=1S/C22H28ClN5O3S/c1-13-21(32-16-3-6-25-20(18(16)23)31-15-10-29-11-15)26-9-17(27-13)28-7-4-22(5-8-28)12-30-14(2)19(22)24/h3,6,9,14-15,19H,4-5,7-8,10-12,24H2,1-2H3/t14-,19+/m0/s1. The van der Waals surface area contributed by atoms with Crippen molar-refractivity contribution in [3.8, 4) is 5.88 Å². The number of anilines is 1. The Bertz CT molecular complexity index is 984. The lowest BCUT2D eigenvalue weighted by molar-refractivity contribution is -0.0813. The van der Waals surface area contributed by atoms with Crippen LogP contribution < -0.4 is 15.4 Å². The SMILES string of the molecule is Cc1nc(N2CCC3(CC2)CO[C@@H](C)[C@H]3N)cnc1Sc1ccnc(OC2COC2)c1Cl. The van der Waals surface area contributed by atoms with E-state index in [0.29, 0.717) is 24.1 Å². The van der Waals surface area contributed by atoms with Crippen LogP contribution in [0.25, 0.3) is 0 Å². The van der Waals surface area contributed by atoms with Crippen molar-refractivity contribution in [1.29, 1.82) is 0 Å². The minimum atomic E-state index is 0.0123. The van der Waals surface area contributed by atoms with Crippen LogP contribution in [-0.4, -0.2) is 66.1 Å². The molecule has 3 aliphatic heterocycles. The Morgan fingerprint density at radius 3 is 2.69 bits per heavy atom. The van der Waals surface area contributed by atoms with Gasteiger partial charge in [-0.15, -0.1) is 0 Å². The first-order chi connectivity index (χ1) is 15.4. The summed E-state index contributed by atoms with van der Waals surface area (Å²) < 4.78 is 16.8. The third kappa shape index (κ3) is 4.17. The van der Waals surface area contributed by atoms with E-state index in [1.807, 2.05) is 19.2 Å². The lowest BCUT2D eigenvalue weighted by Gasteiger charge is -2.41. The third-order valence-electron chi connectivity index (χ3n) is 6.73. The van der Waals surface area contributed by atoms with Crippen LogP contribution in [0.5, 0.6) is 5.88 Å². The van der Waals surface area contributed by atoms with Crippen LogP contribution in [0, 0.1) is 12.3 Å². The molecule has 0 saturated carbocycles. The zero-order valence-corrected chi connectivity index (χ0v) is 19.9. The Labute approximate surface area is 197 Å². The van der Waals surface area contributed by atoms with Crippen molar-refractivity contribution in [2.24, 2.45) is 11.1 Å². The molecule has 172 valence electrons. The van der Waals surface area contributed by atoms with Crippen molar-refractivity contribution < 1.29 is 14.2 Å². The van der Waals surface area contributed by atoms with E-state index in [0.717, 1.165) is 54.0 Å². The molecule has 10 heteroatoms. The van der Waals surface area contributed by atoms with Crippen LogP contribution in [-0.2, 0) is 9.47 Å². The Balaban J connectivity index is 1.26. The lowest BCUT2D eigenvalue weighted by Crippen LogP contribution is -2.50. The van der Waals surface area contributed by atoms with Crippen LogP contribution in [0.3, 0.4) is 0 Å². The van der Waals surface area contributed by atoms with Crippen LogP contribution in [0.15, 0.2) is 28.4 Å². The monoisotopic (exact) mass is 477 g/mol. The fraction of sp³-hybridized carbons (Fsp3) is 0.591. The van der Waals surface area contributed by atoms with Crippen molar-refractivity contribution >= 4 is 29.2 Å². The number of rotatable bonds is 5. The number of halogens is 1. The summed E-state index contributed by atoms with van der Waals surface area (Å²) in [7, 11) is 0. The Kier molecular flexibility index (Phi) is 6.19. The molecule has 5 heterocycles. The number of aryl methyl sites for hydroxylation is 1. The molecule has 2 aromatic heterocycles. The van der Waals surface area contributed by atoms with Crippen LogP contribution in [0.4, 0.5) is 5.82 Å². The van der Waals surface area contributed by atoms with Crippen molar-refractivity contribution in [2.45, 2.75) is 54.9 Å². The van der Waals surface area contributed by atoms with Gasteiger partial charge >= 0.3 is 0 Å². The number of piperidine rings is 1. The van der Waals surface area contributed by atoms with E-state index in [9.17, 15) is 0 Å². The molecule has 1 spiro atoms. The summed E-state index contributed by atoms with van der Waals surface area (Å²) in [6, 6.07) is 1.97. The van der Waals surface area contributed by atoms with E-state index >= 15 is 0 Å². The highest BCUT2D eigenvalue weighted by atomic mass is 35.5. The molecule has 2 N–H and O–H groups in total. The fourth-order valence-corrected chi connectivity index (χ4v) is 5.56. The van der Waals surface area contributed by atoms with Gasteiger partial charge in [-0.3, -0.25) is 0 Å². The number of pyridine rings is 1. The highest BCUT2D eigenvalue weighted by Crippen LogP contribution is 2.42. The molecule has 0 bridgehead atoms. The van der Waals surface area contributed by atoms with Gasteiger partial charge in [0.2, 0.25) is 5.88 Å². The number of aromatic nitrogens is 3. The highest BCUT2D eigenvalue weighted by molar-refractivity contribution is 7.99. The van der Waals surface area contributed by atoms with Crippen LogP contribution >= 0.6 is 23.4 Å². The van der Waals surface area contributed by atoms with Crippen molar-refractivity contribution in [2.75, 3.05) is 37.8 Å². The molecule has 8 nitrogen and oxygen atoms in total. The van der Waals surface area contributed by atoms with Gasteiger partial charge in [0.25, 0.3) is 0 Å². The smallest absolute Gasteiger partial charge is 0.234 e. The van der Waals surface area contributed by atoms with E-state index in [4.69, 9.17) is 41.5 Å². The van der Waals surface area contributed by atoms with Crippen molar-refractivity contribution in [3.05, 3.63) is 29.2 Å². The molecular weight excluding hydrogens is 450 g/mol. The quantitative estimate of drug-likeness (QED) is 0.696. The highest BCUT2D eigenvalue weighted by Gasteiger charge is 2.47. The first-order valence-corrected chi connectivity index (χ1v) is 12.2. The van der Waals surface area contributed by atoms with E-state index in [2.05, 4.69) is 16.8 Å². The minimum absolute atomic E-state index is 0.0123. The zero-order valence-electron chi connectivity index (χ0n) is 18.3. The maximum Gasteiger partial charge on any atom is 0.234 e. The average Bonchev–Trinajstić information content (AvgIpc) is 3.03. The first-order valence-electron chi connectivity index (χ1n) is 11.0. The second-order valence-corrected chi connectivity index (χ2v) is 10.2. The third-order valence-corrected chi connectivity index (χ3v) is 8.36. The molecule has 0 aromatic carbocycles. The van der Waals surface area contributed by atoms with Gasteiger partial charge in [0.05, 0.1) is 37.8 Å². The molecule has 32 heavy (non-hydrogen) atoms. The van der Waals surface area contributed by atoms with E-state index in [-0.39, 0.29) is 23.7 Å². The summed E-state index contributed by atoms with van der Waals surface area (Å²) in [5, 5.41) is 1.30. The Morgan fingerprint density at radius 2 is 2.06 bits per heavy atom. The summed E-state index contributed by atoms with van der Waals surface area (Å²) in [4.78, 5) is 16.9. The number of nitrogens with zero attached hydrogens (tertiary/aromatic N) is 4. The molecular formula is C22H28ClN5O3S. The number of hydrogen-bond donors (Lipinski definition) is 1. The predicted octanol–water partition coefficient (Wildman–Crippen LogP) is 3.09. The van der Waals surface area contributed by atoms with Gasteiger partial charge in [-0.2, -0.15) is 0 Å². The number of ether oxygens (including phenoxy) is 3. The Morgan fingerprint density at radius 1 is 1.28 bits per heavy atom. The van der Waals surface area contributed by atoms with Gasteiger partial charge in [0.1, 0.15) is 22.0 Å². The van der Waals surface area contributed by atoms with E-state index < -0.39 is 0 Å². The van der Waals surface area contributed by atoms with Gasteiger partial charge in [0.15, 0.2) is 0 Å². The second-order valence-electron chi connectivity index (χ2n) is 8.82. The average molecular weight is 478 g/mol. The van der Waals surface area contributed by atoms with Crippen LogP contribution in [0.1, 0.15) is 25.5 Å². The summed E-state index contributed by atoms with van der Waals surface area (Å²) in [5.41, 5.74) is 7.41. The predicted molar refractivity (Wildman–Crippen MR) is 123 cm³/mol. The van der Waals surface area contributed by atoms with Gasteiger partial charge in [-0.1, -0.05) is 23.4 Å². The fourth-order valence-electron chi connectivity index (χ4n) is 4.48. The van der Waals surface area contributed by atoms with E-state index in [1.165, 1.54) is 11.8 Å². The van der Waals surface area contributed by atoms with Crippen molar-refractivity contribution in [3.63, 3.8) is 0 Å². The van der Waals surface area contributed by atoms with Gasteiger partial charge in [-0.05, 0) is 32.8 Å².